The number of hydrogen-bond acceptors (Lipinski definition) is 4. The molecule has 4 rings (SSSR count). The van der Waals surface area contributed by atoms with Crippen molar-refractivity contribution in [2.45, 2.75) is 109 Å². The standard InChI is InChI=1S/C35H46F2O5/c1-3-5-23-6-8-24(9-7-23)25-10-12-26(13-11-25)28-20-31(36)35(32(37)21-28)27-14-16-30(17-15-27)41-22-29(4-2)42-34(40)19-18-33(38)39/h14-17,20-21,23-26,29H,3-13,18-19,22H2,1-2H3,(H,38,39). The predicted octanol–water partition coefficient (Wildman–Crippen LogP) is 9.08. The number of carbonyl (C=O) groups excluding carboxylic acids is 1. The second-order valence-corrected chi connectivity index (χ2v) is 12.3. The summed E-state index contributed by atoms with van der Waals surface area (Å²) in [6, 6.07) is 9.56. The molecule has 2 aliphatic carbocycles. The highest BCUT2D eigenvalue weighted by Crippen LogP contribution is 2.45. The second kappa shape index (κ2) is 15.5. The number of aliphatic carboxylic acids is 1. The minimum atomic E-state index is -1.06. The van der Waals surface area contributed by atoms with Crippen molar-refractivity contribution in [3.63, 3.8) is 0 Å². The van der Waals surface area contributed by atoms with E-state index < -0.39 is 29.7 Å². The van der Waals surface area contributed by atoms with Gasteiger partial charge in [-0.15, -0.1) is 0 Å². The first-order valence-electron chi connectivity index (χ1n) is 15.9. The van der Waals surface area contributed by atoms with Gasteiger partial charge in [0, 0.05) is 0 Å². The SMILES string of the molecule is CCCC1CCC(C2CCC(c3cc(F)c(-c4ccc(OCC(CC)OC(=O)CCC(=O)O)cc4)c(F)c3)CC2)CC1. The third-order valence-electron chi connectivity index (χ3n) is 9.44. The Hall–Kier alpha value is -2.96. The molecule has 0 aliphatic heterocycles. The van der Waals surface area contributed by atoms with Crippen molar-refractivity contribution in [3.8, 4) is 16.9 Å². The van der Waals surface area contributed by atoms with Gasteiger partial charge in [0.1, 0.15) is 30.1 Å². The molecular weight excluding hydrogens is 538 g/mol. The molecule has 2 aromatic carbocycles. The Morgan fingerprint density at radius 3 is 2.02 bits per heavy atom. The zero-order valence-electron chi connectivity index (χ0n) is 25.1. The molecule has 2 aromatic rings. The monoisotopic (exact) mass is 584 g/mol. The number of ether oxygens (including phenoxy) is 2. The molecule has 0 bridgehead atoms. The van der Waals surface area contributed by atoms with Crippen LogP contribution in [0.1, 0.15) is 109 Å². The van der Waals surface area contributed by atoms with E-state index in [-0.39, 0.29) is 30.9 Å². The van der Waals surface area contributed by atoms with Gasteiger partial charge in [-0.1, -0.05) is 51.7 Å². The fourth-order valence-electron chi connectivity index (χ4n) is 6.98. The number of carboxylic acid groups (broad SMARTS) is 1. The van der Waals surface area contributed by atoms with Crippen LogP contribution in [0.3, 0.4) is 0 Å². The zero-order valence-corrected chi connectivity index (χ0v) is 25.1. The highest BCUT2D eigenvalue weighted by atomic mass is 19.1. The molecule has 2 aliphatic rings. The summed E-state index contributed by atoms with van der Waals surface area (Å²) in [5.41, 5.74) is 1.15. The maximum absolute atomic E-state index is 15.3. The van der Waals surface area contributed by atoms with Gasteiger partial charge in [-0.3, -0.25) is 9.59 Å². The van der Waals surface area contributed by atoms with E-state index in [9.17, 15) is 9.59 Å². The van der Waals surface area contributed by atoms with Crippen LogP contribution in [0.4, 0.5) is 8.78 Å². The van der Waals surface area contributed by atoms with E-state index in [4.69, 9.17) is 14.6 Å². The molecule has 1 atom stereocenters. The lowest BCUT2D eigenvalue weighted by atomic mass is 9.68. The van der Waals surface area contributed by atoms with Crippen LogP contribution in [0.15, 0.2) is 36.4 Å². The van der Waals surface area contributed by atoms with E-state index in [1.54, 1.807) is 24.3 Å². The molecule has 0 saturated heterocycles. The molecule has 5 nitrogen and oxygen atoms in total. The lowest BCUT2D eigenvalue weighted by molar-refractivity contribution is -0.153. The first-order chi connectivity index (χ1) is 20.3. The minimum Gasteiger partial charge on any atom is -0.490 e. The summed E-state index contributed by atoms with van der Waals surface area (Å²) in [6.07, 6.45) is 11.9. The first-order valence-corrected chi connectivity index (χ1v) is 15.9. The normalized spacial score (nSPS) is 23.2. The Labute approximate surface area is 249 Å². The molecular formula is C35H46F2O5. The van der Waals surface area contributed by atoms with Gasteiger partial charge < -0.3 is 14.6 Å². The van der Waals surface area contributed by atoms with Gasteiger partial charge >= 0.3 is 11.9 Å². The molecule has 0 amide bonds. The summed E-state index contributed by atoms with van der Waals surface area (Å²) in [5, 5.41) is 8.71. The third-order valence-corrected chi connectivity index (χ3v) is 9.44. The number of esters is 1. The zero-order chi connectivity index (χ0) is 30.1. The van der Waals surface area contributed by atoms with E-state index >= 15 is 8.78 Å². The van der Waals surface area contributed by atoms with Crippen LogP contribution >= 0.6 is 0 Å². The van der Waals surface area contributed by atoms with Gasteiger partial charge in [-0.25, -0.2) is 8.78 Å². The maximum Gasteiger partial charge on any atom is 0.306 e. The molecule has 2 fully saturated rings. The highest BCUT2D eigenvalue weighted by molar-refractivity contribution is 5.76. The van der Waals surface area contributed by atoms with Gasteiger partial charge in [0.15, 0.2) is 0 Å². The third kappa shape index (κ3) is 8.78. The molecule has 42 heavy (non-hydrogen) atoms. The first kappa shape index (κ1) is 32.0. The maximum atomic E-state index is 15.3. The van der Waals surface area contributed by atoms with Crippen molar-refractivity contribution in [1.29, 1.82) is 0 Å². The van der Waals surface area contributed by atoms with E-state index in [1.165, 1.54) is 50.7 Å². The number of carboxylic acids is 1. The number of halogens is 2. The highest BCUT2D eigenvalue weighted by Gasteiger charge is 2.31. The molecule has 1 N–H and O–H groups in total. The van der Waals surface area contributed by atoms with Crippen molar-refractivity contribution < 1.29 is 33.0 Å². The lowest BCUT2D eigenvalue weighted by Gasteiger charge is -2.38. The van der Waals surface area contributed by atoms with Crippen molar-refractivity contribution >= 4 is 11.9 Å². The summed E-state index contributed by atoms with van der Waals surface area (Å²) in [4.78, 5) is 22.4. The Balaban J connectivity index is 1.30. The van der Waals surface area contributed by atoms with Crippen LogP contribution in [0.2, 0.25) is 0 Å². The molecule has 0 heterocycles. The summed E-state index contributed by atoms with van der Waals surface area (Å²) in [6.45, 7) is 4.20. The molecule has 2 saturated carbocycles. The number of carbonyl (C=O) groups is 2. The van der Waals surface area contributed by atoms with Gasteiger partial charge in [0.2, 0.25) is 0 Å². The number of hydrogen-bond donors (Lipinski definition) is 1. The average Bonchev–Trinajstić information content (AvgIpc) is 2.99. The van der Waals surface area contributed by atoms with E-state index in [2.05, 4.69) is 6.92 Å². The van der Waals surface area contributed by atoms with Crippen LogP contribution in [0.5, 0.6) is 5.75 Å². The molecule has 0 spiro atoms. The van der Waals surface area contributed by atoms with Crippen molar-refractivity contribution in [2.24, 2.45) is 17.8 Å². The molecule has 0 radical (unpaired) electrons. The molecule has 1 unspecified atom stereocenters. The van der Waals surface area contributed by atoms with E-state index in [0.29, 0.717) is 17.7 Å². The van der Waals surface area contributed by atoms with Crippen LogP contribution in [0.25, 0.3) is 11.1 Å². The second-order valence-electron chi connectivity index (χ2n) is 12.3. The summed E-state index contributed by atoms with van der Waals surface area (Å²) >= 11 is 0. The fraction of sp³-hybridized carbons (Fsp3) is 0.600. The Bertz CT molecular complexity index is 1140. The Morgan fingerprint density at radius 2 is 1.48 bits per heavy atom. The molecule has 7 heteroatoms. The Kier molecular flexibility index (Phi) is 11.8. The van der Waals surface area contributed by atoms with Gasteiger partial charge in [0.25, 0.3) is 0 Å². The fourth-order valence-corrected chi connectivity index (χ4v) is 6.98. The van der Waals surface area contributed by atoms with Crippen molar-refractivity contribution in [2.75, 3.05) is 6.61 Å². The van der Waals surface area contributed by atoms with E-state index in [0.717, 1.165) is 49.0 Å². The van der Waals surface area contributed by atoms with Crippen LogP contribution < -0.4 is 4.74 Å². The lowest BCUT2D eigenvalue weighted by Crippen LogP contribution is -2.25. The molecule has 0 aromatic heterocycles. The van der Waals surface area contributed by atoms with Crippen LogP contribution in [-0.2, 0) is 14.3 Å². The summed E-state index contributed by atoms with van der Waals surface area (Å²) in [7, 11) is 0. The van der Waals surface area contributed by atoms with Gasteiger partial charge in [-0.2, -0.15) is 0 Å². The minimum absolute atomic E-state index is 0.0402. The largest absolute Gasteiger partial charge is 0.490 e. The van der Waals surface area contributed by atoms with Crippen molar-refractivity contribution in [1.82, 2.24) is 0 Å². The van der Waals surface area contributed by atoms with Gasteiger partial charge in [-0.05, 0) is 104 Å². The average molecular weight is 585 g/mol. The number of benzene rings is 2. The topological polar surface area (TPSA) is 72.8 Å². The Morgan fingerprint density at radius 1 is 0.881 bits per heavy atom. The predicted molar refractivity (Wildman–Crippen MR) is 159 cm³/mol. The number of rotatable bonds is 13. The van der Waals surface area contributed by atoms with E-state index in [1.807, 2.05) is 6.92 Å². The smallest absolute Gasteiger partial charge is 0.306 e. The van der Waals surface area contributed by atoms with Crippen molar-refractivity contribution in [3.05, 3.63) is 53.6 Å². The molecule has 230 valence electrons. The summed E-state index contributed by atoms with van der Waals surface area (Å²) in [5.74, 6) is 0.445. The summed E-state index contributed by atoms with van der Waals surface area (Å²) < 4.78 is 41.6. The van der Waals surface area contributed by atoms with Crippen LogP contribution in [-0.4, -0.2) is 29.8 Å². The van der Waals surface area contributed by atoms with Gasteiger partial charge in [0.05, 0.1) is 18.4 Å². The van der Waals surface area contributed by atoms with Crippen LogP contribution in [0, 0.1) is 29.4 Å². The quantitative estimate of drug-likeness (QED) is 0.238.